The zero-order chi connectivity index (χ0) is 13.1. The van der Waals surface area contributed by atoms with Gasteiger partial charge in [-0.3, -0.25) is 0 Å². The van der Waals surface area contributed by atoms with Crippen molar-refractivity contribution in [2.75, 3.05) is 5.32 Å². The van der Waals surface area contributed by atoms with Crippen molar-refractivity contribution in [3.63, 3.8) is 0 Å². The lowest BCUT2D eigenvalue weighted by atomic mass is 10.2. The van der Waals surface area contributed by atoms with Crippen LogP contribution >= 0.6 is 27.5 Å². The summed E-state index contributed by atoms with van der Waals surface area (Å²) in [6.45, 7) is 1.89. The molecule has 0 unspecified atom stereocenters. The van der Waals surface area contributed by atoms with Gasteiger partial charge in [0, 0.05) is 16.2 Å². The Bertz CT molecular complexity index is 636. The van der Waals surface area contributed by atoms with Crippen molar-refractivity contribution in [3.05, 3.63) is 45.3 Å². The van der Waals surface area contributed by atoms with Crippen molar-refractivity contribution in [2.24, 2.45) is 0 Å². The highest BCUT2D eigenvalue weighted by atomic mass is 79.9. The van der Waals surface area contributed by atoms with E-state index in [9.17, 15) is 0 Å². The number of nitrogens with zero attached hydrogens (tertiary/aromatic N) is 3. The van der Waals surface area contributed by atoms with Gasteiger partial charge in [-0.25, -0.2) is 9.97 Å². The smallest absolute Gasteiger partial charge is 0.224 e. The Morgan fingerprint density at radius 1 is 1.44 bits per heavy atom. The number of hydrogen-bond acceptors (Lipinski definition) is 4. The molecule has 90 valence electrons. The molecule has 0 bridgehead atoms. The zero-order valence-electron chi connectivity index (χ0n) is 9.41. The van der Waals surface area contributed by atoms with Crippen LogP contribution in [0.5, 0.6) is 0 Å². The lowest BCUT2D eigenvalue weighted by Gasteiger charge is -2.10. The third-order valence-corrected chi connectivity index (χ3v) is 3.13. The van der Waals surface area contributed by atoms with E-state index in [-0.39, 0.29) is 5.28 Å². The molecule has 0 saturated heterocycles. The standard InChI is InChI=1S/C12H8BrClN4/c1-7-6-16-12(14)18-11(7)17-10-3-2-8(5-15)4-9(10)13/h2-4,6H,1H3,(H,16,17,18). The molecule has 0 aliphatic carbocycles. The molecule has 0 atom stereocenters. The fraction of sp³-hybridized carbons (Fsp3) is 0.0833. The zero-order valence-corrected chi connectivity index (χ0v) is 11.7. The number of rotatable bonds is 2. The third-order valence-electron chi connectivity index (χ3n) is 2.29. The van der Waals surface area contributed by atoms with E-state index in [1.807, 2.05) is 6.92 Å². The Balaban J connectivity index is 2.34. The van der Waals surface area contributed by atoms with Gasteiger partial charge in [-0.05, 0) is 52.7 Å². The van der Waals surface area contributed by atoms with Gasteiger partial charge in [-0.15, -0.1) is 0 Å². The average molecular weight is 324 g/mol. The highest BCUT2D eigenvalue weighted by Crippen LogP contribution is 2.27. The van der Waals surface area contributed by atoms with E-state index in [0.717, 1.165) is 15.7 Å². The van der Waals surface area contributed by atoms with Crippen molar-refractivity contribution in [3.8, 4) is 6.07 Å². The Kier molecular flexibility index (Phi) is 3.80. The summed E-state index contributed by atoms with van der Waals surface area (Å²) >= 11 is 9.15. The fourth-order valence-electron chi connectivity index (χ4n) is 1.36. The van der Waals surface area contributed by atoms with Gasteiger partial charge in [-0.2, -0.15) is 5.26 Å². The number of halogens is 2. The second-order valence-electron chi connectivity index (χ2n) is 3.60. The highest BCUT2D eigenvalue weighted by Gasteiger charge is 2.06. The number of nitriles is 1. The van der Waals surface area contributed by atoms with E-state index in [1.165, 1.54) is 0 Å². The molecule has 1 aromatic carbocycles. The molecule has 1 N–H and O–H groups in total. The maximum atomic E-state index is 8.79. The van der Waals surface area contributed by atoms with Crippen LogP contribution in [0.1, 0.15) is 11.1 Å². The van der Waals surface area contributed by atoms with Crippen molar-refractivity contribution < 1.29 is 0 Å². The van der Waals surface area contributed by atoms with Crippen LogP contribution in [-0.4, -0.2) is 9.97 Å². The number of aromatic nitrogens is 2. The topological polar surface area (TPSA) is 61.6 Å². The molecule has 0 aliphatic rings. The summed E-state index contributed by atoms with van der Waals surface area (Å²) < 4.78 is 0.788. The molecule has 0 aliphatic heterocycles. The van der Waals surface area contributed by atoms with Crippen LogP contribution in [-0.2, 0) is 0 Å². The minimum Gasteiger partial charge on any atom is -0.339 e. The minimum absolute atomic E-state index is 0.188. The maximum Gasteiger partial charge on any atom is 0.224 e. The second-order valence-corrected chi connectivity index (χ2v) is 4.79. The number of aryl methyl sites for hydroxylation is 1. The molecule has 1 aromatic heterocycles. The first-order chi connectivity index (χ1) is 8.60. The van der Waals surface area contributed by atoms with E-state index >= 15 is 0 Å². The molecule has 1 heterocycles. The van der Waals surface area contributed by atoms with Crippen LogP contribution in [0.15, 0.2) is 28.9 Å². The molecular formula is C12H8BrClN4. The molecule has 2 aromatic rings. The van der Waals surface area contributed by atoms with Gasteiger partial charge in [-0.1, -0.05) is 0 Å². The van der Waals surface area contributed by atoms with Crippen molar-refractivity contribution in [2.45, 2.75) is 6.92 Å². The number of anilines is 2. The predicted octanol–water partition coefficient (Wildman–Crippen LogP) is 3.82. The van der Waals surface area contributed by atoms with Crippen LogP contribution in [0.25, 0.3) is 0 Å². The molecule has 2 rings (SSSR count). The van der Waals surface area contributed by atoms with Gasteiger partial charge in [0.1, 0.15) is 5.82 Å². The molecule has 0 saturated carbocycles. The molecular weight excluding hydrogens is 316 g/mol. The molecule has 4 nitrogen and oxygen atoms in total. The first kappa shape index (κ1) is 12.8. The number of benzene rings is 1. The van der Waals surface area contributed by atoms with Gasteiger partial charge in [0.05, 0.1) is 17.3 Å². The maximum absolute atomic E-state index is 8.79. The first-order valence-electron chi connectivity index (χ1n) is 5.06. The second kappa shape index (κ2) is 5.34. The van der Waals surface area contributed by atoms with E-state index in [2.05, 4.69) is 37.3 Å². The van der Waals surface area contributed by atoms with E-state index < -0.39 is 0 Å². The van der Waals surface area contributed by atoms with Gasteiger partial charge >= 0.3 is 0 Å². The Labute approximate surface area is 118 Å². The fourth-order valence-corrected chi connectivity index (χ4v) is 1.97. The normalized spacial score (nSPS) is 9.89. The Hall–Kier alpha value is -1.64. The Morgan fingerprint density at radius 2 is 2.22 bits per heavy atom. The van der Waals surface area contributed by atoms with Gasteiger partial charge in [0.15, 0.2) is 0 Å². The molecule has 18 heavy (non-hydrogen) atoms. The summed E-state index contributed by atoms with van der Waals surface area (Å²) in [5.41, 5.74) is 2.28. The minimum atomic E-state index is 0.188. The van der Waals surface area contributed by atoms with E-state index in [4.69, 9.17) is 16.9 Å². The summed E-state index contributed by atoms with van der Waals surface area (Å²) in [4.78, 5) is 8.00. The van der Waals surface area contributed by atoms with Crippen LogP contribution in [0, 0.1) is 18.3 Å². The summed E-state index contributed by atoms with van der Waals surface area (Å²) in [5.74, 6) is 0.639. The van der Waals surface area contributed by atoms with E-state index in [1.54, 1.807) is 24.4 Å². The molecule has 0 fully saturated rings. The lowest BCUT2D eigenvalue weighted by molar-refractivity contribution is 1.13. The predicted molar refractivity (Wildman–Crippen MR) is 73.9 cm³/mol. The SMILES string of the molecule is Cc1cnc(Cl)nc1Nc1ccc(C#N)cc1Br. The molecule has 6 heteroatoms. The van der Waals surface area contributed by atoms with Gasteiger partial charge in [0.25, 0.3) is 0 Å². The molecule has 0 radical (unpaired) electrons. The van der Waals surface area contributed by atoms with Gasteiger partial charge < -0.3 is 5.32 Å². The average Bonchev–Trinajstić information content (AvgIpc) is 2.36. The Morgan fingerprint density at radius 3 is 2.89 bits per heavy atom. The van der Waals surface area contributed by atoms with Crippen molar-refractivity contribution in [1.82, 2.24) is 9.97 Å². The van der Waals surface area contributed by atoms with Crippen LogP contribution in [0.4, 0.5) is 11.5 Å². The number of nitrogens with one attached hydrogen (secondary N) is 1. The largest absolute Gasteiger partial charge is 0.339 e. The third kappa shape index (κ3) is 2.78. The monoisotopic (exact) mass is 322 g/mol. The first-order valence-corrected chi connectivity index (χ1v) is 6.23. The van der Waals surface area contributed by atoms with E-state index in [0.29, 0.717) is 11.4 Å². The highest BCUT2D eigenvalue weighted by molar-refractivity contribution is 9.10. The van der Waals surface area contributed by atoms with Crippen LogP contribution in [0.2, 0.25) is 5.28 Å². The number of hydrogen-bond donors (Lipinski definition) is 1. The molecule has 0 amide bonds. The lowest BCUT2D eigenvalue weighted by Crippen LogP contribution is -1.99. The van der Waals surface area contributed by atoms with Crippen molar-refractivity contribution in [1.29, 1.82) is 5.26 Å². The molecule has 0 spiro atoms. The quantitative estimate of drug-likeness (QED) is 0.854. The van der Waals surface area contributed by atoms with Crippen LogP contribution < -0.4 is 5.32 Å². The van der Waals surface area contributed by atoms with Gasteiger partial charge in [0.2, 0.25) is 5.28 Å². The summed E-state index contributed by atoms with van der Waals surface area (Å²) in [6, 6.07) is 7.34. The summed E-state index contributed by atoms with van der Waals surface area (Å²) in [6.07, 6.45) is 1.65. The van der Waals surface area contributed by atoms with Crippen LogP contribution in [0.3, 0.4) is 0 Å². The summed E-state index contributed by atoms with van der Waals surface area (Å²) in [7, 11) is 0. The summed E-state index contributed by atoms with van der Waals surface area (Å²) in [5, 5.41) is 12.1. The van der Waals surface area contributed by atoms with Crippen molar-refractivity contribution >= 4 is 39.0 Å².